The molecule has 140 valence electrons. The average Bonchev–Trinajstić information content (AvgIpc) is 2.65. The number of amides is 1. The van der Waals surface area contributed by atoms with Gasteiger partial charge in [-0.3, -0.25) is 4.79 Å². The molecule has 2 N–H and O–H groups in total. The molecule has 1 amide bonds. The topological polar surface area (TPSA) is 79.4 Å². The summed E-state index contributed by atoms with van der Waals surface area (Å²) in [6.45, 7) is 2.28. The van der Waals surface area contributed by atoms with Gasteiger partial charge in [-0.2, -0.15) is 0 Å². The molecule has 0 atom stereocenters. The summed E-state index contributed by atoms with van der Waals surface area (Å²) in [7, 11) is 5.67. The summed E-state index contributed by atoms with van der Waals surface area (Å²) in [4.78, 5) is 14.1. The molecule has 1 aromatic carbocycles. The Balaban J connectivity index is 1.75. The minimum Gasteiger partial charge on any atom is -0.497 e. The van der Waals surface area contributed by atoms with Gasteiger partial charge in [0.2, 0.25) is 0 Å². The van der Waals surface area contributed by atoms with Crippen molar-refractivity contribution < 1.29 is 9.53 Å². The van der Waals surface area contributed by atoms with Gasteiger partial charge < -0.3 is 20.3 Å². The van der Waals surface area contributed by atoms with Gasteiger partial charge in [0.1, 0.15) is 11.6 Å². The molecule has 1 heterocycles. The van der Waals surface area contributed by atoms with Crippen LogP contribution in [0, 0.1) is 0 Å². The van der Waals surface area contributed by atoms with Crippen LogP contribution in [0.4, 0.5) is 5.82 Å². The zero-order chi connectivity index (χ0) is 18.8. The van der Waals surface area contributed by atoms with E-state index in [1.54, 1.807) is 19.2 Å². The smallest absolute Gasteiger partial charge is 0.271 e. The molecule has 0 radical (unpaired) electrons. The van der Waals surface area contributed by atoms with Gasteiger partial charge in [-0.25, -0.2) is 0 Å². The van der Waals surface area contributed by atoms with E-state index in [0.717, 1.165) is 31.7 Å². The van der Waals surface area contributed by atoms with Crippen molar-refractivity contribution in [2.24, 2.45) is 0 Å². The fraction of sp³-hybridized carbons (Fsp3) is 0.421. The van der Waals surface area contributed by atoms with Crippen molar-refractivity contribution in [2.75, 3.05) is 46.2 Å². The van der Waals surface area contributed by atoms with Crippen molar-refractivity contribution in [3.63, 3.8) is 0 Å². The van der Waals surface area contributed by atoms with Crippen molar-refractivity contribution >= 4 is 11.7 Å². The first-order chi connectivity index (χ1) is 12.6. The van der Waals surface area contributed by atoms with E-state index in [-0.39, 0.29) is 5.91 Å². The summed E-state index contributed by atoms with van der Waals surface area (Å²) in [6.07, 6.45) is 1.74. The van der Waals surface area contributed by atoms with Crippen LogP contribution in [0.15, 0.2) is 36.4 Å². The molecule has 0 saturated carbocycles. The van der Waals surface area contributed by atoms with Gasteiger partial charge in [0.15, 0.2) is 5.69 Å². The van der Waals surface area contributed by atoms with Crippen LogP contribution in [0.25, 0.3) is 0 Å². The standard InChI is InChI=1S/C19H27N5O2/c1-24(2)13-5-11-21-19(25)17-8-9-18(23-22-17)20-12-10-15-6-4-7-16(14-15)26-3/h4,6-9,14H,5,10-13H2,1-3H3,(H,20,23)(H,21,25). The molecule has 2 aromatic rings. The molecule has 0 fully saturated rings. The molecule has 0 saturated heterocycles. The molecule has 2 rings (SSSR count). The number of ether oxygens (including phenoxy) is 1. The third-order valence-corrected chi connectivity index (χ3v) is 3.82. The van der Waals surface area contributed by atoms with E-state index < -0.39 is 0 Å². The lowest BCUT2D eigenvalue weighted by molar-refractivity contribution is 0.0946. The number of nitrogens with zero attached hydrogens (tertiary/aromatic N) is 3. The molecular weight excluding hydrogens is 330 g/mol. The molecule has 7 heteroatoms. The highest BCUT2D eigenvalue weighted by Gasteiger charge is 2.07. The molecule has 0 unspecified atom stereocenters. The first-order valence-corrected chi connectivity index (χ1v) is 8.72. The van der Waals surface area contributed by atoms with E-state index >= 15 is 0 Å². The summed E-state index contributed by atoms with van der Waals surface area (Å²) >= 11 is 0. The SMILES string of the molecule is COc1cccc(CCNc2ccc(C(=O)NCCCN(C)C)nn2)c1. The lowest BCUT2D eigenvalue weighted by Crippen LogP contribution is -2.28. The highest BCUT2D eigenvalue weighted by molar-refractivity contribution is 5.92. The molecule has 0 aliphatic carbocycles. The van der Waals surface area contributed by atoms with E-state index in [0.29, 0.717) is 18.1 Å². The maximum Gasteiger partial charge on any atom is 0.271 e. The van der Waals surface area contributed by atoms with Crippen LogP contribution in [0.2, 0.25) is 0 Å². The van der Waals surface area contributed by atoms with Gasteiger partial charge in [0.25, 0.3) is 5.91 Å². The van der Waals surface area contributed by atoms with Crippen LogP contribution < -0.4 is 15.4 Å². The minimum absolute atomic E-state index is 0.195. The summed E-state index contributed by atoms with van der Waals surface area (Å²) < 4.78 is 5.22. The number of benzene rings is 1. The fourth-order valence-electron chi connectivity index (χ4n) is 2.40. The van der Waals surface area contributed by atoms with Crippen LogP contribution in [-0.2, 0) is 6.42 Å². The maximum absolute atomic E-state index is 12.0. The highest BCUT2D eigenvalue weighted by Crippen LogP contribution is 2.13. The third-order valence-electron chi connectivity index (χ3n) is 3.82. The van der Waals surface area contributed by atoms with E-state index in [1.807, 2.05) is 32.3 Å². The second-order valence-electron chi connectivity index (χ2n) is 6.24. The number of aromatic nitrogens is 2. The van der Waals surface area contributed by atoms with Gasteiger partial charge in [-0.15, -0.1) is 10.2 Å². The molecule has 1 aromatic heterocycles. The fourth-order valence-corrected chi connectivity index (χ4v) is 2.40. The van der Waals surface area contributed by atoms with Gasteiger partial charge in [0, 0.05) is 13.1 Å². The van der Waals surface area contributed by atoms with Crippen molar-refractivity contribution in [3.8, 4) is 5.75 Å². The van der Waals surface area contributed by atoms with Crippen molar-refractivity contribution in [1.82, 2.24) is 20.4 Å². The van der Waals surface area contributed by atoms with Gasteiger partial charge in [-0.1, -0.05) is 12.1 Å². The number of methoxy groups -OCH3 is 1. The summed E-state index contributed by atoms with van der Waals surface area (Å²) in [5, 5.41) is 14.1. The minimum atomic E-state index is -0.195. The van der Waals surface area contributed by atoms with E-state index in [9.17, 15) is 4.79 Å². The number of hydrogen-bond donors (Lipinski definition) is 2. The van der Waals surface area contributed by atoms with Crippen LogP contribution in [0.5, 0.6) is 5.75 Å². The lowest BCUT2D eigenvalue weighted by atomic mass is 10.1. The Morgan fingerprint density at radius 1 is 1.15 bits per heavy atom. The molecular formula is C19H27N5O2. The monoisotopic (exact) mass is 357 g/mol. The van der Waals surface area contributed by atoms with Gasteiger partial charge in [-0.05, 0) is 63.3 Å². The van der Waals surface area contributed by atoms with E-state index in [1.165, 1.54) is 5.56 Å². The van der Waals surface area contributed by atoms with Crippen LogP contribution in [0.1, 0.15) is 22.5 Å². The van der Waals surface area contributed by atoms with Gasteiger partial charge >= 0.3 is 0 Å². The number of nitrogens with one attached hydrogen (secondary N) is 2. The number of hydrogen-bond acceptors (Lipinski definition) is 6. The normalized spacial score (nSPS) is 10.6. The summed E-state index contributed by atoms with van der Waals surface area (Å²) in [5.41, 5.74) is 1.51. The Morgan fingerprint density at radius 3 is 2.69 bits per heavy atom. The second kappa shape index (κ2) is 10.4. The van der Waals surface area contributed by atoms with E-state index in [2.05, 4.69) is 31.8 Å². The largest absolute Gasteiger partial charge is 0.497 e. The quantitative estimate of drug-likeness (QED) is 0.632. The van der Waals surface area contributed by atoms with Crippen LogP contribution in [-0.4, -0.2) is 61.8 Å². The lowest BCUT2D eigenvalue weighted by Gasteiger charge is -2.10. The first-order valence-electron chi connectivity index (χ1n) is 8.72. The Morgan fingerprint density at radius 2 is 2.00 bits per heavy atom. The maximum atomic E-state index is 12.0. The van der Waals surface area contributed by atoms with Crippen LogP contribution in [0.3, 0.4) is 0 Å². The van der Waals surface area contributed by atoms with Gasteiger partial charge in [0.05, 0.1) is 7.11 Å². The molecule has 0 aliphatic heterocycles. The summed E-state index contributed by atoms with van der Waals surface area (Å²) in [5.74, 6) is 1.31. The Kier molecular flexibility index (Phi) is 7.82. The molecule has 0 aliphatic rings. The molecule has 7 nitrogen and oxygen atoms in total. The zero-order valence-corrected chi connectivity index (χ0v) is 15.7. The van der Waals surface area contributed by atoms with Crippen molar-refractivity contribution in [2.45, 2.75) is 12.8 Å². The van der Waals surface area contributed by atoms with Crippen molar-refractivity contribution in [3.05, 3.63) is 47.7 Å². The first kappa shape index (κ1) is 19.7. The number of carbonyl (C=O) groups is 1. The Hall–Kier alpha value is -2.67. The molecule has 26 heavy (non-hydrogen) atoms. The highest BCUT2D eigenvalue weighted by atomic mass is 16.5. The summed E-state index contributed by atoms with van der Waals surface area (Å²) in [6, 6.07) is 11.4. The number of rotatable bonds is 10. The van der Waals surface area contributed by atoms with Crippen LogP contribution >= 0.6 is 0 Å². The van der Waals surface area contributed by atoms with E-state index in [4.69, 9.17) is 4.74 Å². The third kappa shape index (κ3) is 6.68. The average molecular weight is 357 g/mol. The molecule has 0 bridgehead atoms. The number of carbonyl (C=O) groups excluding carboxylic acids is 1. The second-order valence-corrected chi connectivity index (χ2v) is 6.24. The predicted molar refractivity (Wildman–Crippen MR) is 103 cm³/mol. The predicted octanol–water partition coefficient (Wildman–Crippen LogP) is 1.82. The van der Waals surface area contributed by atoms with Crippen molar-refractivity contribution in [1.29, 1.82) is 0 Å². The molecule has 0 spiro atoms. The number of anilines is 1. The Bertz CT molecular complexity index is 689. The zero-order valence-electron chi connectivity index (χ0n) is 15.7. The Labute approximate surface area is 154 Å².